The number of amides is 1. The fourth-order valence-electron chi connectivity index (χ4n) is 1.89. The van der Waals surface area contributed by atoms with Gasteiger partial charge >= 0.3 is 0 Å². The first-order chi connectivity index (χ1) is 10.3. The smallest absolute Gasteiger partial charge is 0.221 e. The maximum absolute atomic E-state index is 12.9. The van der Waals surface area contributed by atoms with Gasteiger partial charge in [-0.05, 0) is 55.2 Å². The van der Waals surface area contributed by atoms with Gasteiger partial charge in [0.05, 0.1) is 11.4 Å². The van der Waals surface area contributed by atoms with Crippen molar-refractivity contribution in [3.05, 3.63) is 64.8 Å². The zero-order valence-corrected chi connectivity index (χ0v) is 13.5. The van der Waals surface area contributed by atoms with Gasteiger partial charge in [0.1, 0.15) is 5.82 Å². The van der Waals surface area contributed by atoms with E-state index in [1.54, 1.807) is 18.2 Å². The second kappa shape index (κ2) is 8.17. The van der Waals surface area contributed by atoms with Gasteiger partial charge in [-0.25, -0.2) is 4.39 Å². The summed E-state index contributed by atoms with van der Waals surface area (Å²) in [6.07, 6.45) is 4.40. The molecule has 0 saturated heterocycles. The molecule has 0 spiro atoms. The topological polar surface area (TPSA) is 55.1 Å². The van der Waals surface area contributed by atoms with Crippen LogP contribution in [-0.4, -0.2) is 5.91 Å². The molecule has 0 aliphatic heterocycles. The molecule has 0 aliphatic rings. The van der Waals surface area contributed by atoms with Crippen molar-refractivity contribution in [2.24, 2.45) is 5.73 Å². The second-order valence-electron chi connectivity index (χ2n) is 5.17. The monoisotopic (exact) mass is 302 g/mol. The van der Waals surface area contributed by atoms with Crippen molar-refractivity contribution in [3.8, 4) is 0 Å². The van der Waals surface area contributed by atoms with Crippen molar-refractivity contribution < 1.29 is 9.18 Å². The fourth-order valence-corrected chi connectivity index (χ4v) is 1.89. The van der Waals surface area contributed by atoms with Crippen LogP contribution in [0.15, 0.2) is 53.4 Å². The maximum atomic E-state index is 12.9. The van der Waals surface area contributed by atoms with Crippen molar-refractivity contribution in [1.29, 1.82) is 0 Å². The summed E-state index contributed by atoms with van der Waals surface area (Å²) in [5.41, 5.74) is 10.1. The predicted octanol–water partition coefficient (Wildman–Crippen LogP) is 3.89. The summed E-state index contributed by atoms with van der Waals surface area (Å²) in [6.45, 7) is 7.31. The lowest BCUT2D eigenvalue weighted by Crippen LogP contribution is -2.24. The van der Waals surface area contributed by atoms with E-state index >= 15 is 0 Å². The fraction of sp³-hybridized carbons (Fsp3) is 0.278. The van der Waals surface area contributed by atoms with E-state index in [0.717, 1.165) is 23.1 Å². The van der Waals surface area contributed by atoms with Crippen LogP contribution in [0.3, 0.4) is 0 Å². The maximum Gasteiger partial charge on any atom is 0.221 e. The quantitative estimate of drug-likeness (QED) is 0.811. The van der Waals surface area contributed by atoms with Crippen molar-refractivity contribution >= 4 is 11.5 Å². The molecule has 1 aromatic carbocycles. The van der Waals surface area contributed by atoms with Gasteiger partial charge in [-0.3, -0.25) is 4.79 Å². The van der Waals surface area contributed by atoms with Crippen LogP contribution >= 0.6 is 0 Å². The van der Waals surface area contributed by atoms with Gasteiger partial charge in [0.15, 0.2) is 0 Å². The molecule has 3 N–H and O–H groups in total. The second-order valence-corrected chi connectivity index (χ2v) is 5.17. The minimum Gasteiger partial charge on any atom is -0.397 e. The number of carbonyl (C=O) groups is 1. The van der Waals surface area contributed by atoms with E-state index in [4.69, 9.17) is 5.73 Å². The van der Waals surface area contributed by atoms with Gasteiger partial charge in [0, 0.05) is 6.92 Å². The Balaban J connectivity index is 3.05. The highest BCUT2D eigenvalue weighted by Crippen LogP contribution is 2.16. The van der Waals surface area contributed by atoms with E-state index < -0.39 is 0 Å². The van der Waals surface area contributed by atoms with E-state index in [1.807, 2.05) is 26.8 Å². The van der Waals surface area contributed by atoms with Gasteiger partial charge in [-0.2, -0.15) is 0 Å². The third-order valence-electron chi connectivity index (χ3n) is 3.36. The van der Waals surface area contributed by atoms with Gasteiger partial charge < -0.3 is 11.1 Å². The summed E-state index contributed by atoms with van der Waals surface area (Å²) < 4.78 is 12.9. The van der Waals surface area contributed by atoms with Crippen molar-refractivity contribution in [2.75, 3.05) is 0 Å². The largest absolute Gasteiger partial charge is 0.397 e. The summed E-state index contributed by atoms with van der Waals surface area (Å²) >= 11 is 0. The highest BCUT2D eigenvalue weighted by atomic mass is 19.1. The van der Waals surface area contributed by atoms with Crippen LogP contribution in [0.2, 0.25) is 0 Å². The van der Waals surface area contributed by atoms with E-state index in [0.29, 0.717) is 11.4 Å². The lowest BCUT2D eigenvalue weighted by molar-refractivity contribution is -0.118. The molecule has 0 unspecified atom stereocenters. The number of halogens is 1. The lowest BCUT2D eigenvalue weighted by atomic mass is 10.1. The molecule has 1 amide bonds. The minimum atomic E-state index is -0.263. The predicted molar refractivity (Wildman–Crippen MR) is 89.1 cm³/mol. The first-order valence-electron chi connectivity index (χ1n) is 7.22. The molecule has 3 nitrogen and oxygen atoms in total. The summed E-state index contributed by atoms with van der Waals surface area (Å²) in [5, 5.41) is 2.77. The molecule has 0 aliphatic carbocycles. The minimum absolute atomic E-state index is 0.154. The van der Waals surface area contributed by atoms with Gasteiger partial charge in [0.2, 0.25) is 5.91 Å². The Labute approximate surface area is 131 Å². The average molecular weight is 302 g/mol. The number of carbonyl (C=O) groups excluding carboxylic acids is 1. The van der Waals surface area contributed by atoms with Gasteiger partial charge in [0.25, 0.3) is 0 Å². The molecular formula is C18H23FN2O. The SMILES string of the molecule is CC\C(C)=C(NC(C)=O)/C(N)=C\C=C(/C)c1ccc(F)cc1. The summed E-state index contributed by atoms with van der Waals surface area (Å²) in [4.78, 5) is 11.3. The molecule has 0 saturated carbocycles. The molecule has 0 heterocycles. The van der Waals surface area contributed by atoms with Gasteiger partial charge in [-0.15, -0.1) is 0 Å². The number of allylic oxidation sites excluding steroid dienone is 4. The van der Waals surface area contributed by atoms with E-state index in [2.05, 4.69) is 5.32 Å². The molecule has 0 fully saturated rings. The first kappa shape index (κ1) is 17.7. The van der Waals surface area contributed by atoms with E-state index in [-0.39, 0.29) is 11.7 Å². The van der Waals surface area contributed by atoms with E-state index in [9.17, 15) is 9.18 Å². The molecule has 22 heavy (non-hydrogen) atoms. The van der Waals surface area contributed by atoms with Gasteiger partial charge in [-0.1, -0.05) is 25.1 Å². The molecular weight excluding hydrogens is 279 g/mol. The van der Waals surface area contributed by atoms with Crippen LogP contribution < -0.4 is 11.1 Å². The molecule has 0 radical (unpaired) electrons. The number of hydrogen-bond donors (Lipinski definition) is 2. The molecule has 0 aromatic heterocycles. The van der Waals surface area contributed by atoms with Crippen molar-refractivity contribution in [1.82, 2.24) is 5.32 Å². The molecule has 1 aromatic rings. The lowest BCUT2D eigenvalue weighted by Gasteiger charge is -2.12. The number of nitrogens with two attached hydrogens (primary N) is 1. The Bertz CT molecular complexity index is 625. The molecule has 0 atom stereocenters. The average Bonchev–Trinajstić information content (AvgIpc) is 2.49. The van der Waals surface area contributed by atoms with Crippen molar-refractivity contribution in [2.45, 2.75) is 34.1 Å². The number of hydrogen-bond acceptors (Lipinski definition) is 2. The Morgan fingerprint density at radius 3 is 2.27 bits per heavy atom. The third kappa shape index (κ3) is 5.20. The van der Waals surface area contributed by atoms with E-state index in [1.165, 1.54) is 19.1 Å². The van der Waals surface area contributed by atoms with Crippen LogP contribution in [-0.2, 0) is 4.79 Å². The Kier molecular flexibility index (Phi) is 6.57. The number of benzene rings is 1. The first-order valence-corrected chi connectivity index (χ1v) is 7.22. The third-order valence-corrected chi connectivity index (χ3v) is 3.36. The Morgan fingerprint density at radius 1 is 1.18 bits per heavy atom. The summed E-state index contributed by atoms with van der Waals surface area (Å²) in [6, 6.07) is 6.27. The standard InChI is InChI=1S/C18H23FN2O/c1-5-12(2)18(21-14(4)22)17(20)11-6-13(3)15-7-9-16(19)10-8-15/h6-11H,5,20H2,1-4H3,(H,21,22)/b13-6+,17-11+,18-12+. The molecule has 0 bridgehead atoms. The summed E-state index contributed by atoms with van der Waals surface area (Å²) in [5.74, 6) is -0.417. The highest BCUT2D eigenvalue weighted by Gasteiger charge is 2.06. The zero-order chi connectivity index (χ0) is 16.7. The summed E-state index contributed by atoms with van der Waals surface area (Å²) in [7, 11) is 0. The molecule has 118 valence electrons. The van der Waals surface area contributed by atoms with Crippen molar-refractivity contribution in [3.63, 3.8) is 0 Å². The Morgan fingerprint density at radius 2 is 1.77 bits per heavy atom. The number of nitrogens with one attached hydrogen (secondary N) is 1. The normalized spacial score (nSPS) is 13.7. The molecule has 1 rings (SSSR count). The molecule has 4 heteroatoms. The Hall–Kier alpha value is -2.36. The van der Waals surface area contributed by atoms with Crippen LogP contribution in [0.5, 0.6) is 0 Å². The van der Waals surface area contributed by atoms with Crippen LogP contribution in [0, 0.1) is 5.82 Å². The van der Waals surface area contributed by atoms with Crippen LogP contribution in [0.4, 0.5) is 4.39 Å². The zero-order valence-electron chi connectivity index (χ0n) is 13.5. The highest BCUT2D eigenvalue weighted by molar-refractivity contribution is 5.76. The number of rotatable bonds is 5. The van der Waals surface area contributed by atoms with Crippen LogP contribution in [0.1, 0.15) is 39.7 Å². The van der Waals surface area contributed by atoms with Crippen LogP contribution in [0.25, 0.3) is 5.57 Å².